The SMILES string of the molecule is CN1CCN(NC(=O)c2ccccc2N2C(=O)c3ccccc3C2=O)CC1. The van der Waals surface area contributed by atoms with Gasteiger partial charge in [0, 0.05) is 26.2 Å². The van der Waals surface area contributed by atoms with Gasteiger partial charge < -0.3 is 4.90 Å². The minimum atomic E-state index is -0.407. The Kier molecular flexibility index (Phi) is 4.47. The van der Waals surface area contributed by atoms with Gasteiger partial charge in [-0.1, -0.05) is 24.3 Å². The van der Waals surface area contributed by atoms with Gasteiger partial charge in [-0.15, -0.1) is 0 Å². The lowest BCUT2D eigenvalue weighted by molar-refractivity contribution is 0.0663. The fraction of sp³-hybridized carbons (Fsp3) is 0.250. The number of carbonyl (C=O) groups excluding carboxylic acids is 3. The second kappa shape index (κ2) is 6.94. The Hall–Kier alpha value is -3.03. The lowest BCUT2D eigenvalue weighted by atomic mass is 10.1. The zero-order valence-electron chi connectivity index (χ0n) is 15.0. The number of imide groups is 1. The number of likely N-dealkylation sites (N-methyl/N-ethyl adjacent to an activating group) is 1. The summed E-state index contributed by atoms with van der Waals surface area (Å²) >= 11 is 0. The summed E-state index contributed by atoms with van der Waals surface area (Å²) < 4.78 is 0. The van der Waals surface area contributed by atoms with Gasteiger partial charge in [-0.3, -0.25) is 19.8 Å². The van der Waals surface area contributed by atoms with E-state index in [0.717, 1.165) is 31.1 Å². The van der Waals surface area contributed by atoms with Crippen molar-refractivity contribution >= 4 is 23.4 Å². The topological polar surface area (TPSA) is 73.0 Å². The molecule has 7 nitrogen and oxygen atoms in total. The summed E-state index contributed by atoms with van der Waals surface area (Å²) in [6.07, 6.45) is 0. The largest absolute Gasteiger partial charge is 0.304 e. The van der Waals surface area contributed by atoms with Crippen LogP contribution in [0.25, 0.3) is 0 Å². The van der Waals surface area contributed by atoms with Crippen LogP contribution in [-0.4, -0.2) is 60.9 Å². The normalized spacial score (nSPS) is 17.9. The lowest BCUT2D eigenvalue weighted by Gasteiger charge is -2.32. The minimum Gasteiger partial charge on any atom is -0.304 e. The number of amides is 3. The molecule has 138 valence electrons. The first-order valence-corrected chi connectivity index (χ1v) is 8.87. The summed E-state index contributed by atoms with van der Waals surface area (Å²) in [5.41, 5.74) is 4.20. The van der Waals surface area contributed by atoms with Crippen molar-refractivity contribution in [2.24, 2.45) is 0 Å². The zero-order chi connectivity index (χ0) is 19.0. The molecule has 0 aliphatic carbocycles. The number of nitrogens with zero attached hydrogens (tertiary/aromatic N) is 3. The minimum absolute atomic E-state index is 0.297. The van der Waals surface area contributed by atoms with Gasteiger partial charge in [-0.2, -0.15) is 0 Å². The number of hydrogen-bond acceptors (Lipinski definition) is 5. The molecule has 0 aromatic heterocycles. The Morgan fingerprint density at radius 1 is 0.852 bits per heavy atom. The van der Waals surface area contributed by atoms with Crippen molar-refractivity contribution in [1.82, 2.24) is 15.3 Å². The standard InChI is InChI=1S/C20H20N4O3/c1-22-10-12-23(13-11-22)21-18(25)16-8-4-5-9-17(16)24-19(26)14-6-2-3-7-15(14)20(24)27/h2-9H,10-13H2,1H3,(H,21,25). The molecule has 0 radical (unpaired) electrons. The van der Waals surface area contributed by atoms with E-state index in [1.54, 1.807) is 48.5 Å². The molecule has 4 rings (SSSR count). The van der Waals surface area contributed by atoms with Crippen molar-refractivity contribution in [3.63, 3.8) is 0 Å². The zero-order valence-corrected chi connectivity index (χ0v) is 15.0. The predicted octanol–water partition coefficient (Wildman–Crippen LogP) is 1.38. The van der Waals surface area contributed by atoms with Gasteiger partial charge in [0.25, 0.3) is 17.7 Å². The molecule has 27 heavy (non-hydrogen) atoms. The Bertz CT molecular complexity index is 884. The van der Waals surface area contributed by atoms with E-state index in [0.29, 0.717) is 22.4 Å². The highest BCUT2D eigenvalue weighted by Crippen LogP contribution is 2.30. The predicted molar refractivity (Wildman–Crippen MR) is 101 cm³/mol. The molecular formula is C20H20N4O3. The van der Waals surface area contributed by atoms with Crippen LogP contribution in [0.5, 0.6) is 0 Å². The van der Waals surface area contributed by atoms with Gasteiger partial charge in [-0.05, 0) is 31.3 Å². The van der Waals surface area contributed by atoms with E-state index >= 15 is 0 Å². The highest BCUT2D eigenvalue weighted by molar-refractivity contribution is 6.35. The van der Waals surface area contributed by atoms with Crippen molar-refractivity contribution in [2.75, 3.05) is 38.1 Å². The molecule has 2 heterocycles. The molecule has 0 unspecified atom stereocenters. The number of rotatable bonds is 3. The molecule has 0 saturated carbocycles. The summed E-state index contributed by atoms with van der Waals surface area (Å²) in [6.45, 7) is 3.16. The number of piperazine rings is 1. The van der Waals surface area contributed by atoms with Gasteiger partial charge in [0.1, 0.15) is 0 Å². The van der Waals surface area contributed by atoms with E-state index in [-0.39, 0.29) is 5.91 Å². The van der Waals surface area contributed by atoms with Crippen molar-refractivity contribution in [3.8, 4) is 0 Å². The number of fused-ring (bicyclic) bond motifs is 1. The lowest BCUT2D eigenvalue weighted by Crippen LogP contribution is -2.52. The van der Waals surface area contributed by atoms with E-state index in [2.05, 4.69) is 10.3 Å². The van der Waals surface area contributed by atoms with Crippen molar-refractivity contribution in [1.29, 1.82) is 0 Å². The summed E-state index contributed by atoms with van der Waals surface area (Å²) in [6, 6.07) is 13.4. The monoisotopic (exact) mass is 364 g/mol. The molecule has 3 amide bonds. The van der Waals surface area contributed by atoms with Gasteiger partial charge in [0.2, 0.25) is 0 Å². The quantitative estimate of drug-likeness (QED) is 0.833. The summed E-state index contributed by atoms with van der Waals surface area (Å²) in [5.74, 6) is -1.14. The summed E-state index contributed by atoms with van der Waals surface area (Å²) in [5, 5.41) is 1.86. The van der Waals surface area contributed by atoms with Crippen LogP contribution >= 0.6 is 0 Å². The van der Waals surface area contributed by atoms with Crippen LogP contribution in [-0.2, 0) is 0 Å². The molecule has 7 heteroatoms. The maximum atomic E-state index is 12.8. The Morgan fingerprint density at radius 3 is 2.04 bits per heavy atom. The van der Waals surface area contributed by atoms with Crippen molar-refractivity contribution in [3.05, 3.63) is 65.2 Å². The Balaban J connectivity index is 1.62. The third-order valence-electron chi connectivity index (χ3n) is 4.95. The van der Waals surface area contributed by atoms with Crippen LogP contribution in [0.15, 0.2) is 48.5 Å². The van der Waals surface area contributed by atoms with E-state index in [1.807, 2.05) is 12.1 Å². The smallest absolute Gasteiger partial charge is 0.267 e. The third kappa shape index (κ3) is 3.11. The third-order valence-corrected chi connectivity index (χ3v) is 4.95. The van der Waals surface area contributed by atoms with E-state index < -0.39 is 11.8 Å². The maximum Gasteiger partial charge on any atom is 0.267 e. The molecular weight excluding hydrogens is 344 g/mol. The average molecular weight is 364 g/mol. The number of nitrogens with one attached hydrogen (secondary N) is 1. The fourth-order valence-corrected chi connectivity index (χ4v) is 3.39. The van der Waals surface area contributed by atoms with Crippen LogP contribution < -0.4 is 10.3 Å². The highest BCUT2D eigenvalue weighted by Gasteiger charge is 2.38. The molecule has 0 bridgehead atoms. The fourth-order valence-electron chi connectivity index (χ4n) is 3.39. The van der Waals surface area contributed by atoms with Crippen LogP contribution in [0.4, 0.5) is 5.69 Å². The molecule has 2 aromatic rings. The molecule has 1 saturated heterocycles. The molecule has 2 aliphatic rings. The molecule has 0 atom stereocenters. The maximum absolute atomic E-state index is 12.8. The van der Waals surface area contributed by atoms with Crippen LogP contribution in [0.2, 0.25) is 0 Å². The number of anilines is 1. The van der Waals surface area contributed by atoms with Crippen LogP contribution in [0, 0.1) is 0 Å². The molecule has 1 N–H and O–H groups in total. The molecule has 2 aromatic carbocycles. The average Bonchev–Trinajstić information content (AvgIpc) is 2.94. The number of benzene rings is 2. The van der Waals surface area contributed by atoms with Gasteiger partial charge in [-0.25, -0.2) is 9.91 Å². The first-order valence-electron chi connectivity index (χ1n) is 8.87. The Labute approximate surface area is 157 Å². The number of hydrazine groups is 1. The first kappa shape index (κ1) is 17.4. The van der Waals surface area contributed by atoms with E-state index in [4.69, 9.17) is 0 Å². The first-order chi connectivity index (χ1) is 13.1. The number of carbonyl (C=O) groups is 3. The van der Waals surface area contributed by atoms with Gasteiger partial charge >= 0.3 is 0 Å². The van der Waals surface area contributed by atoms with Crippen LogP contribution in [0.3, 0.4) is 0 Å². The van der Waals surface area contributed by atoms with Crippen molar-refractivity contribution < 1.29 is 14.4 Å². The molecule has 2 aliphatic heterocycles. The number of para-hydroxylation sites is 1. The number of hydrogen-bond donors (Lipinski definition) is 1. The second-order valence-corrected chi connectivity index (χ2v) is 6.74. The van der Waals surface area contributed by atoms with E-state index in [9.17, 15) is 14.4 Å². The molecule has 0 spiro atoms. The van der Waals surface area contributed by atoms with Crippen LogP contribution in [0.1, 0.15) is 31.1 Å². The van der Waals surface area contributed by atoms with Gasteiger partial charge in [0.15, 0.2) is 0 Å². The highest BCUT2D eigenvalue weighted by atomic mass is 16.2. The summed E-state index contributed by atoms with van der Waals surface area (Å²) in [7, 11) is 2.04. The molecule has 1 fully saturated rings. The van der Waals surface area contributed by atoms with E-state index in [1.165, 1.54) is 0 Å². The second-order valence-electron chi connectivity index (χ2n) is 6.74. The summed E-state index contributed by atoms with van der Waals surface area (Å²) in [4.78, 5) is 41.7. The van der Waals surface area contributed by atoms with Crippen molar-refractivity contribution in [2.45, 2.75) is 0 Å². The van der Waals surface area contributed by atoms with Gasteiger partial charge in [0.05, 0.1) is 22.4 Å². The Morgan fingerprint density at radius 2 is 1.41 bits per heavy atom.